The molecule has 0 aromatic carbocycles. The topological polar surface area (TPSA) is 356 Å². The molecular weight excluding hydrogens is 1270 g/mol. The Labute approximate surface area is 573 Å². The number of nitrogens with one attached hydrogen (secondary N) is 4. The third-order valence-electron chi connectivity index (χ3n) is 20.0. The monoisotopic (exact) mass is 1350 g/mol. The van der Waals surface area contributed by atoms with E-state index in [9.17, 15) is 9.59 Å². The molecule has 12 aromatic heterocycles. The largest absolute Gasteiger partial charge is 0.480 e. The molecule has 2 amide bonds. The van der Waals surface area contributed by atoms with E-state index in [0.717, 1.165) is 140 Å². The van der Waals surface area contributed by atoms with Gasteiger partial charge in [-0.3, -0.25) is 24.5 Å². The Balaban J connectivity index is 0.000000118. The van der Waals surface area contributed by atoms with Crippen LogP contribution in [-0.2, 0) is 53.3 Å². The van der Waals surface area contributed by atoms with E-state index in [0.29, 0.717) is 86.6 Å². The van der Waals surface area contributed by atoms with Gasteiger partial charge in [-0.1, -0.05) is 56.7 Å². The minimum Gasteiger partial charge on any atom is -0.480 e. The van der Waals surface area contributed by atoms with Gasteiger partial charge in [0.2, 0.25) is 29.7 Å². The average molecular weight is 1350 g/mol. The number of anilines is 6. The number of fused-ring (bicyclic) bond motifs is 12. The highest BCUT2D eigenvalue weighted by atomic mass is 16.4. The van der Waals surface area contributed by atoms with Crippen LogP contribution < -0.4 is 21.3 Å². The second-order valence-electron chi connectivity index (χ2n) is 26.1. The minimum absolute atomic E-state index is 0.252. The number of carbonyl (C=O) groups excluding carboxylic acids is 2. The number of aliphatic hydroxyl groups excluding tert-OH is 3. The molecular formula is C72H77N21O7. The Morgan fingerprint density at radius 1 is 0.430 bits per heavy atom. The van der Waals surface area contributed by atoms with Crippen molar-refractivity contribution in [2.75, 3.05) is 55.4 Å². The summed E-state index contributed by atoms with van der Waals surface area (Å²) >= 11 is 0. The molecule has 28 nitrogen and oxygen atoms in total. The number of carboxylic acid groups (broad SMARTS) is 1. The second-order valence-corrected chi connectivity index (χ2v) is 26.1. The second kappa shape index (κ2) is 28.9. The normalized spacial score (nSPS) is 16.2. The molecule has 15 heterocycles. The highest BCUT2D eigenvalue weighted by Crippen LogP contribution is 2.41. The summed E-state index contributed by atoms with van der Waals surface area (Å²) in [5.74, 6) is 2.08. The maximum atomic E-state index is 11.8. The predicted molar refractivity (Wildman–Crippen MR) is 376 cm³/mol. The summed E-state index contributed by atoms with van der Waals surface area (Å²) in [6.07, 6.45) is 33.8. The Morgan fingerprint density at radius 2 is 0.780 bits per heavy atom. The van der Waals surface area contributed by atoms with Crippen LogP contribution in [0.1, 0.15) is 129 Å². The van der Waals surface area contributed by atoms with Crippen molar-refractivity contribution in [2.24, 2.45) is 0 Å². The molecule has 28 heteroatoms. The van der Waals surface area contributed by atoms with E-state index in [-0.39, 0.29) is 11.8 Å². The maximum Gasteiger partial charge on any atom is 0.329 e. The van der Waals surface area contributed by atoms with Crippen LogP contribution in [0.2, 0.25) is 0 Å². The van der Waals surface area contributed by atoms with Gasteiger partial charge in [-0.25, -0.2) is 34.7 Å². The van der Waals surface area contributed by atoms with Gasteiger partial charge < -0.3 is 65.2 Å². The lowest BCUT2D eigenvalue weighted by Crippen LogP contribution is -2.37. The van der Waals surface area contributed by atoms with E-state index >= 15 is 0 Å². The molecule has 18 rings (SSSR count). The fourth-order valence-electron chi connectivity index (χ4n) is 15.1. The lowest BCUT2D eigenvalue weighted by Gasteiger charge is -2.28. The first kappa shape index (κ1) is 65.1. The van der Waals surface area contributed by atoms with Crippen LogP contribution in [0.4, 0.5) is 35.3 Å². The lowest BCUT2D eigenvalue weighted by atomic mass is 10.1. The van der Waals surface area contributed by atoms with Crippen LogP contribution in [-0.4, -0.2) is 161 Å². The Morgan fingerprint density at radius 3 is 1.13 bits per heavy atom. The van der Waals surface area contributed by atoms with Crippen LogP contribution in [0.25, 0.3) is 65.8 Å². The van der Waals surface area contributed by atoms with Gasteiger partial charge in [0.1, 0.15) is 54.2 Å². The first-order chi connectivity index (χ1) is 49.1. The highest BCUT2D eigenvalue weighted by molar-refractivity contribution is 6.08. The number of nitrogens with zero attached hydrogens (tertiary/aromatic N) is 17. The Kier molecular flexibility index (Phi) is 18.9. The van der Waals surface area contributed by atoms with Crippen molar-refractivity contribution >= 4 is 119 Å². The van der Waals surface area contributed by atoms with E-state index in [1.807, 2.05) is 98.2 Å². The Bertz CT molecular complexity index is 4830. The summed E-state index contributed by atoms with van der Waals surface area (Å²) in [4.78, 5) is 91.9. The van der Waals surface area contributed by atoms with Gasteiger partial charge in [0, 0.05) is 163 Å². The number of aromatic nitrogens is 15. The molecule has 0 atom stereocenters. The van der Waals surface area contributed by atoms with Crippen molar-refractivity contribution in [1.82, 2.24) is 88.6 Å². The first-order valence-corrected chi connectivity index (χ1v) is 34.5. The fraction of sp³-hybridized carbons (Fsp3) is 0.375. The quantitative estimate of drug-likeness (QED) is 0.0565. The fourth-order valence-corrected chi connectivity index (χ4v) is 15.1. The number of rotatable bonds is 12. The zero-order valence-electron chi connectivity index (χ0n) is 55.2. The number of aliphatic carboxylic acids is 1. The van der Waals surface area contributed by atoms with Gasteiger partial charge in [-0.05, 0) is 91.6 Å². The molecule has 0 unspecified atom stereocenters. The van der Waals surface area contributed by atoms with Gasteiger partial charge >= 0.3 is 5.97 Å². The van der Waals surface area contributed by atoms with Gasteiger partial charge in [-0.15, -0.1) is 0 Å². The summed E-state index contributed by atoms with van der Waals surface area (Å²) < 4.78 is 7.05. The SMILES string of the molecule is O=C(CO)N1CCc2nc(Nc3ncc4c5ccncc5n(C5CCCC5)c4n3)ccc2C1.O=C(CO)N1CCc2nc(Nc3ncc4c5ccncc5n(C5CCCC5)c4n3)ccc2C1.O=C(O)CO.c1cc2c3cnc(Nc4ccc5c(n4)CCNC5)nc3n(C3CCCC3)c2cn1. The van der Waals surface area contributed by atoms with Gasteiger partial charge in [0.05, 0.1) is 35.1 Å². The number of carbonyl (C=O) groups is 3. The number of aliphatic hydroxyl groups is 3. The molecule has 512 valence electrons. The van der Waals surface area contributed by atoms with E-state index in [4.69, 9.17) is 55.1 Å². The molecule has 3 saturated carbocycles. The molecule has 12 aromatic rings. The maximum absolute atomic E-state index is 11.8. The molecule has 3 aliphatic heterocycles. The third-order valence-corrected chi connectivity index (χ3v) is 20.0. The summed E-state index contributed by atoms with van der Waals surface area (Å²) in [5.41, 5.74) is 12.5. The number of hydrogen-bond acceptors (Lipinski definition) is 22. The van der Waals surface area contributed by atoms with E-state index < -0.39 is 25.8 Å². The molecule has 6 aliphatic rings. The van der Waals surface area contributed by atoms with E-state index in [1.165, 1.54) is 62.3 Å². The standard InChI is InChI=1S/2C24H25N7O2.C22H23N7.C2H4O3/c2*32-14-22(33)30-10-8-19-15(13-30)5-6-21(27-19)28-24-26-11-18-17-7-9-25-12-20(17)31(23(18)29-24)16-3-1-2-4-16;1-2-4-15(3-1)29-19-13-24-9-7-16(19)17-12-25-22(28-21(17)29)27-20-6-5-14-11-23-10-8-18(14)26-20;3-1-2(4)5/h2*5-7,9,11-12,16,32H,1-4,8,10,13-14H2,(H,26,27,28,29);5-7,9,12-13,15,23H,1-4,8,10-11H2,(H,25,26,27,28);3H,1H2,(H,4,5). The first-order valence-electron chi connectivity index (χ1n) is 34.5. The van der Waals surface area contributed by atoms with Gasteiger partial charge in [-0.2, -0.15) is 15.0 Å². The van der Waals surface area contributed by atoms with E-state index in [2.05, 4.69) is 77.0 Å². The average Bonchev–Trinajstić information content (AvgIpc) is 1.61. The summed E-state index contributed by atoms with van der Waals surface area (Å²) in [6.45, 7) is 2.22. The van der Waals surface area contributed by atoms with Crippen LogP contribution in [0.5, 0.6) is 0 Å². The summed E-state index contributed by atoms with van der Waals surface area (Å²) in [7, 11) is 0. The molecule has 0 bridgehead atoms. The van der Waals surface area contributed by atoms with Crippen molar-refractivity contribution in [1.29, 1.82) is 0 Å². The van der Waals surface area contributed by atoms with Crippen molar-refractivity contribution in [3.8, 4) is 0 Å². The minimum atomic E-state index is -1.19. The number of hydrogen-bond donors (Lipinski definition) is 8. The number of carboxylic acids is 1. The summed E-state index contributed by atoms with van der Waals surface area (Å²) in [6, 6.07) is 19.4. The molecule has 0 saturated heterocycles. The zero-order chi connectivity index (χ0) is 68.2. The van der Waals surface area contributed by atoms with Crippen molar-refractivity contribution in [3.63, 3.8) is 0 Å². The number of amides is 2. The predicted octanol–water partition coefficient (Wildman–Crippen LogP) is 9.16. The molecule has 3 fully saturated rings. The van der Waals surface area contributed by atoms with Crippen molar-refractivity contribution in [3.05, 3.63) is 144 Å². The zero-order valence-corrected chi connectivity index (χ0v) is 55.2. The van der Waals surface area contributed by atoms with Crippen LogP contribution in [0.3, 0.4) is 0 Å². The van der Waals surface area contributed by atoms with E-state index in [1.54, 1.807) is 9.80 Å². The lowest BCUT2D eigenvalue weighted by molar-refractivity contribution is -0.140. The van der Waals surface area contributed by atoms with Gasteiger partial charge in [0.25, 0.3) is 0 Å². The third kappa shape index (κ3) is 13.4. The van der Waals surface area contributed by atoms with Crippen molar-refractivity contribution < 1.29 is 34.8 Å². The molecule has 0 spiro atoms. The molecule has 100 heavy (non-hydrogen) atoms. The molecule has 3 aliphatic carbocycles. The highest BCUT2D eigenvalue weighted by Gasteiger charge is 2.29. The molecule has 8 N–H and O–H groups in total. The number of pyridine rings is 6. The summed E-state index contributed by atoms with van der Waals surface area (Å²) in [5, 5.41) is 53.1. The van der Waals surface area contributed by atoms with Crippen LogP contribution >= 0.6 is 0 Å². The van der Waals surface area contributed by atoms with Crippen LogP contribution in [0, 0.1) is 0 Å². The smallest absolute Gasteiger partial charge is 0.329 e. The van der Waals surface area contributed by atoms with Crippen LogP contribution in [0.15, 0.2) is 110 Å². The van der Waals surface area contributed by atoms with Gasteiger partial charge in [0.15, 0.2) is 0 Å². The molecule has 0 radical (unpaired) electrons. The Hall–Kier alpha value is -10.8. The van der Waals surface area contributed by atoms with Crippen molar-refractivity contribution in [2.45, 2.75) is 134 Å².